The normalized spacial score (nSPS) is 23.3. The van der Waals surface area contributed by atoms with Crippen LogP contribution in [0.25, 0.3) is 16.7 Å². The number of alkyl halides is 3. The van der Waals surface area contributed by atoms with Gasteiger partial charge in [-0.2, -0.15) is 28.2 Å². The average molecular weight is 503 g/mol. The first-order chi connectivity index (χ1) is 17.2. The summed E-state index contributed by atoms with van der Waals surface area (Å²) < 4.78 is 41.4. The highest BCUT2D eigenvalue weighted by molar-refractivity contribution is 5.89. The summed E-state index contributed by atoms with van der Waals surface area (Å²) in [5, 5.41) is 20.7. The lowest BCUT2D eigenvalue weighted by Gasteiger charge is -2.47. The maximum Gasteiger partial charge on any atom is 0.416 e. The van der Waals surface area contributed by atoms with Crippen LogP contribution in [0.5, 0.6) is 0 Å². The lowest BCUT2D eigenvalue weighted by atomic mass is 9.90. The summed E-state index contributed by atoms with van der Waals surface area (Å²) in [6.07, 6.45) is -2.11. The molecular weight excluding hydrogens is 477 g/mol. The highest BCUT2D eigenvalue weighted by atomic mass is 19.4. The lowest BCUT2D eigenvalue weighted by Crippen LogP contribution is -2.64. The molecule has 1 aliphatic carbocycles. The maximum absolute atomic E-state index is 13.3. The zero-order valence-corrected chi connectivity index (χ0v) is 19.2. The Labute approximate surface area is 204 Å². The summed E-state index contributed by atoms with van der Waals surface area (Å²) in [4.78, 5) is 25.3. The Hall–Kier alpha value is -3.45. The third-order valence-corrected chi connectivity index (χ3v) is 7.02. The molecule has 3 fully saturated rings. The number of anilines is 2. The minimum Gasteiger partial charge on any atom is -0.393 e. The van der Waals surface area contributed by atoms with Crippen molar-refractivity contribution in [1.29, 1.82) is 0 Å². The fourth-order valence-corrected chi connectivity index (χ4v) is 4.92. The Morgan fingerprint density at radius 3 is 2.69 bits per heavy atom. The summed E-state index contributed by atoms with van der Waals surface area (Å²) in [6.45, 7) is 3.10. The number of nitrogens with zero attached hydrogens (tertiary/aromatic N) is 6. The molecular formula is C23H25F3N8O2. The molecule has 0 spiro atoms. The molecule has 1 amide bonds. The maximum atomic E-state index is 13.3. The number of hydrogen-bond acceptors (Lipinski definition) is 8. The number of halogens is 3. The van der Waals surface area contributed by atoms with Gasteiger partial charge in [0.25, 0.3) is 0 Å². The molecule has 3 aliphatic rings. The van der Waals surface area contributed by atoms with Crippen molar-refractivity contribution >= 4 is 28.7 Å². The van der Waals surface area contributed by atoms with E-state index < -0.39 is 11.7 Å². The summed E-state index contributed by atoms with van der Waals surface area (Å²) in [6, 6.07) is 5.19. The van der Waals surface area contributed by atoms with Crippen LogP contribution in [0.1, 0.15) is 18.4 Å². The van der Waals surface area contributed by atoms with Crippen LogP contribution < -0.4 is 15.5 Å². The van der Waals surface area contributed by atoms with E-state index in [0.29, 0.717) is 61.8 Å². The summed E-state index contributed by atoms with van der Waals surface area (Å²) in [5.74, 6) is 0.989. The number of nitrogens with one attached hydrogen (secondary N) is 2. The van der Waals surface area contributed by atoms with Gasteiger partial charge in [0.1, 0.15) is 5.82 Å². The molecule has 1 aromatic carbocycles. The van der Waals surface area contributed by atoms with Crippen molar-refractivity contribution in [3.63, 3.8) is 0 Å². The minimum absolute atomic E-state index is 0.0145. The third-order valence-electron chi connectivity index (χ3n) is 7.02. The molecule has 0 atom stereocenters. The van der Waals surface area contributed by atoms with Crippen molar-refractivity contribution in [2.75, 3.05) is 42.9 Å². The molecule has 3 aromatic rings. The van der Waals surface area contributed by atoms with Gasteiger partial charge < -0.3 is 20.6 Å². The first-order valence-electron chi connectivity index (χ1n) is 11.9. The Balaban J connectivity index is 1.34. The number of amides is 1. The molecule has 4 heterocycles. The number of benzene rings is 1. The average Bonchev–Trinajstić information content (AvgIpc) is 3.21. The van der Waals surface area contributed by atoms with Crippen molar-refractivity contribution in [3.8, 4) is 5.69 Å². The van der Waals surface area contributed by atoms with Gasteiger partial charge in [0.2, 0.25) is 11.9 Å². The SMILES string of the molecule is O=C1CN(C2CN(c3nc(NC4CC(O)C4)nc4c3cnn4-c3cccc(C(F)(F)F)c3)C2)CCN1. The van der Waals surface area contributed by atoms with Gasteiger partial charge in [0.05, 0.1) is 35.5 Å². The van der Waals surface area contributed by atoms with Gasteiger partial charge >= 0.3 is 6.18 Å². The fraction of sp³-hybridized carbons (Fsp3) is 0.478. The van der Waals surface area contributed by atoms with Crippen molar-refractivity contribution < 1.29 is 23.1 Å². The molecule has 10 nitrogen and oxygen atoms in total. The van der Waals surface area contributed by atoms with Crippen molar-refractivity contribution in [2.24, 2.45) is 0 Å². The number of piperazine rings is 1. The van der Waals surface area contributed by atoms with Crippen LogP contribution in [0.3, 0.4) is 0 Å². The molecule has 13 heteroatoms. The molecule has 0 radical (unpaired) electrons. The van der Waals surface area contributed by atoms with Crippen LogP contribution in [0.15, 0.2) is 30.5 Å². The van der Waals surface area contributed by atoms with Crippen LogP contribution in [0.4, 0.5) is 24.9 Å². The van der Waals surface area contributed by atoms with Crippen molar-refractivity contribution in [2.45, 2.75) is 37.2 Å². The molecule has 2 saturated heterocycles. The van der Waals surface area contributed by atoms with E-state index in [0.717, 1.165) is 18.7 Å². The van der Waals surface area contributed by atoms with E-state index in [2.05, 4.69) is 30.5 Å². The molecule has 190 valence electrons. The quantitative estimate of drug-likeness (QED) is 0.480. The number of aliphatic hydroxyl groups is 1. The van der Waals surface area contributed by atoms with E-state index in [1.54, 1.807) is 12.3 Å². The van der Waals surface area contributed by atoms with Gasteiger partial charge in [-0.3, -0.25) is 9.69 Å². The number of rotatable bonds is 5. The molecule has 0 unspecified atom stereocenters. The van der Waals surface area contributed by atoms with Gasteiger partial charge in [-0.05, 0) is 31.0 Å². The highest BCUT2D eigenvalue weighted by Crippen LogP contribution is 2.34. The summed E-state index contributed by atoms with van der Waals surface area (Å²) in [5.41, 5.74) is -0.131. The zero-order chi connectivity index (χ0) is 25.0. The number of aromatic nitrogens is 4. The Kier molecular flexibility index (Phi) is 5.48. The fourth-order valence-electron chi connectivity index (χ4n) is 4.92. The molecule has 2 aromatic heterocycles. The van der Waals surface area contributed by atoms with Gasteiger partial charge in [0, 0.05) is 38.3 Å². The van der Waals surface area contributed by atoms with E-state index in [4.69, 9.17) is 4.98 Å². The van der Waals surface area contributed by atoms with E-state index in [1.165, 1.54) is 10.7 Å². The molecule has 1 saturated carbocycles. The van der Waals surface area contributed by atoms with Gasteiger partial charge in [-0.25, -0.2) is 4.68 Å². The monoisotopic (exact) mass is 502 g/mol. The zero-order valence-electron chi connectivity index (χ0n) is 19.2. The third kappa shape index (κ3) is 4.22. The highest BCUT2D eigenvalue weighted by Gasteiger charge is 2.37. The van der Waals surface area contributed by atoms with Crippen LogP contribution in [0, 0.1) is 0 Å². The van der Waals surface area contributed by atoms with Gasteiger partial charge in [0.15, 0.2) is 5.65 Å². The Bertz CT molecular complexity index is 1300. The molecule has 6 rings (SSSR count). The summed E-state index contributed by atoms with van der Waals surface area (Å²) in [7, 11) is 0. The number of hydrogen-bond donors (Lipinski definition) is 3. The predicted octanol–water partition coefficient (Wildman–Crippen LogP) is 1.39. The van der Waals surface area contributed by atoms with Gasteiger partial charge in [-0.1, -0.05) is 6.07 Å². The number of carbonyl (C=O) groups is 1. The van der Waals surface area contributed by atoms with E-state index in [9.17, 15) is 23.1 Å². The number of aliphatic hydroxyl groups excluding tert-OH is 1. The van der Waals surface area contributed by atoms with E-state index in [1.807, 2.05) is 0 Å². The van der Waals surface area contributed by atoms with Crippen LogP contribution >= 0.6 is 0 Å². The first kappa shape index (κ1) is 23.0. The van der Waals surface area contributed by atoms with E-state index in [-0.39, 0.29) is 29.8 Å². The standard InChI is InChI=1S/C23H25F3N8O2/c24-23(25,26)13-2-1-3-15(6-13)34-21-18(9-28-34)20(30-22(31-21)29-14-7-17(35)8-14)33-10-16(11-33)32-5-4-27-19(36)12-32/h1-3,6,9,14,16-17,35H,4-5,7-8,10-12H2,(H,27,36)(H,29,30,31). The summed E-state index contributed by atoms with van der Waals surface area (Å²) >= 11 is 0. The van der Waals surface area contributed by atoms with Crippen LogP contribution in [-0.2, 0) is 11.0 Å². The second-order valence-electron chi connectivity index (χ2n) is 9.56. The first-order valence-corrected chi connectivity index (χ1v) is 11.9. The molecule has 36 heavy (non-hydrogen) atoms. The van der Waals surface area contributed by atoms with Crippen molar-refractivity contribution in [3.05, 3.63) is 36.0 Å². The van der Waals surface area contributed by atoms with Gasteiger partial charge in [-0.15, -0.1) is 0 Å². The predicted molar refractivity (Wildman–Crippen MR) is 125 cm³/mol. The number of carbonyl (C=O) groups excluding carboxylic acids is 1. The minimum atomic E-state index is -4.48. The molecule has 2 aliphatic heterocycles. The second kappa shape index (κ2) is 8.59. The van der Waals surface area contributed by atoms with Crippen LogP contribution in [-0.4, -0.2) is 86.6 Å². The molecule has 0 bridgehead atoms. The Morgan fingerprint density at radius 2 is 1.97 bits per heavy atom. The topological polar surface area (TPSA) is 111 Å². The number of fused-ring (bicyclic) bond motifs is 1. The lowest BCUT2D eigenvalue weighted by molar-refractivity contribution is -0.137. The molecule has 3 N–H and O–H groups in total. The Morgan fingerprint density at radius 1 is 1.17 bits per heavy atom. The largest absolute Gasteiger partial charge is 0.416 e. The smallest absolute Gasteiger partial charge is 0.393 e. The van der Waals surface area contributed by atoms with Crippen molar-refractivity contribution in [1.82, 2.24) is 30.0 Å². The second-order valence-corrected chi connectivity index (χ2v) is 9.56. The van der Waals surface area contributed by atoms with Crippen LogP contribution in [0.2, 0.25) is 0 Å². The van der Waals surface area contributed by atoms with E-state index >= 15 is 0 Å².